The lowest BCUT2D eigenvalue weighted by atomic mass is 10.3. The number of carbonyl (C=O) groups is 1. The van der Waals surface area contributed by atoms with Crippen LogP contribution in [0.4, 0.5) is 10.1 Å². The van der Waals surface area contributed by atoms with E-state index in [1.165, 1.54) is 22.5 Å². The highest BCUT2D eigenvalue weighted by Crippen LogP contribution is 2.17. The number of nitrogens with zero attached hydrogens (tertiary/aromatic N) is 2. The van der Waals surface area contributed by atoms with Gasteiger partial charge in [-0.05, 0) is 30.3 Å². The van der Waals surface area contributed by atoms with Crippen molar-refractivity contribution in [2.24, 2.45) is 0 Å². The molecule has 1 aliphatic heterocycles. The van der Waals surface area contributed by atoms with Crippen LogP contribution in [0.5, 0.6) is 0 Å². The molecule has 26 heavy (non-hydrogen) atoms. The van der Waals surface area contributed by atoms with Crippen LogP contribution in [0.3, 0.4) is 0 Å². The van der Waals surface area contributed by atoms with Crippen LogP contribution >= 0.6 is 0 Å². The Labute approximate surface area is 152 Å². The van der Waals surface area contributed by atoms with Crippen LogP contribution in [0, 0.1) is 5.82 Å². The van der Waals surface area contributed by atoms with Crippen LogP contribution in [-0.2, 0) is 14.8 Å². The summed E-state index contributed by atoms with van der Waals surface area (Å²) >= 11 is 0. The summed E-state index contributed by atoms with van der Waals surface area (Å²) in [7, 11) is -3.50. The summed E-state index contributed by atoms with van der Waals surface area (Å²) < 4.78 is 39.7. The maximum absolute atomic E-state index is 13.1. The first-order valence-electron chi connectivity index (χ1n) is 8.28. The minimum absolute atomic E-state index is 0.135. The molecule has 1 saturated heterocycles. The third-order valence-corrected chi connectivity index (χ3v) is 6.10. The number of piperazine rings is 1. The Kier molecular flexibility index (Phi) is 5.65. The predicted octanol–water partition coefficient (Wildman–Crippen LogP) is 1.77. The lowest BCUT2D eigenvalue weighted by Crippen LogP contribution is -2.50. The fourth-order valence-electron chi connectivity index (χ4n) is 2.84. The molecule has 2 aromatic rings. The van der Waals surface area contributed by atoms with Gasteiger partial charge in [-0.25, -0.2) is 12.8 Å². The van der Waals surface area contributed by atoms with E-state index < -0.39 is 15.8 Å². The fourth-order valence-corrected chi connectivity index (χ4v) is 4.28. The van der Waals surface area contributed by atoms with E-state index >= 15 is 0 Å². The molecule has 0 radical (unpaired) electrons. The quantitative estimate of drug-likeness (QED) is 0.862. The molecule has 0 aliphatic carbocycles. The van der Waals surface area contributed by atoms with Crippen molar-refractivity contribution in [2.75, 3.05) is 38.0 Å². The van der Waals surface area contributed by atoms with Gasteiger partial charge in [0.05, 0.1) is 11.4 Å². The molecule has 3 rings (SSSR count). The Morgan fingerprint density at radius 2 is 1.69 bits per heavy atom. The van der Waals surface area contributed by atoms with E-state index in [4.69, 9.17) is 0 Å². The van der Waals surface area contributed by atoms with Gasteiger partial charge in [0.15, 0.2) is 0 Å². The van der Waals surface area contributed by atoms with Gasteiger partial charge in [0, 0.05) is 31.9 Å². The molecule has 0 saturated carbocycles. The molecule has 1 aliphatic rings. The molecule has 0 aromatic heterocycles. The second-order valence-electron chi connectivity index (χ2n) is 6.05. The Morgan fingerprint density at radius 1 is 1.00 bits per heavy atom. The average Bonchev–Trinajstić information content (AvgIpc) is 2.63. The van der Waals surface area contributed by atoms with Crippen LogP contribution in [0.1, 0.15) is 0 Å². The number of carbonyl (C=O) groups excluding carboxylic acids is 1. The van der Waals surface area contributed by atoms with Crippen LogP contribution in [-0.4, -0.2) is 56.3 Å². The van der Waals surface area contributed by atoms with Gasteiger partial charge >= 0.3 is 0 Å². The van der Waals surface area contributed by atoms with Gasteiger partial charge in [-0.15, -0.1) is 0 Å². The maximum Gasteiger partial charge on any atom is 0.243 e. The molecule has 1 amide bonds. The highest BCUT2D eigenvalue weighted by molar-refractivity contribution is 7.89. The number of nitrogens with one attached hydrogen (secondary N) is 1. The van der Waals surface area contributed by atoms with Gasteiger partial charge in [-0.2, -0.15) is 4.31 Å². The van der Waals surface area contributed by atoms with Gasteiger partial charge in [0.2, 0.25) is 15.9 Å². The summed E-state index contributed by atoms with van der Waals surface area (Å²) in [6.07, 6.45) is 0. The van der Waals surface area contributed by atoms with Crippen molar-refractivity contribution < 1.29 is 17.6 Å². The van der Waals surface area contributed by atoms with Crippen molar-refractivity contribution in [3.05, 3.63) is 60.4 Å². The van der Waals surface area contributed by atoms with Gasteiger partial charge in [0.1, 0.15) is 5.82 Å². The zero-order valence-electron chi connectivity index (χ0n) is 14.1. The largest absolute Gasteiger partial charge is 0.325 e. The number of benzene rings is 2. The molecular formula is C18H20FN3O3S. The molecule has 1 heterocycles. The van der Waals surface area contributed by atoms with E-state index in [0.29, 0.717) is 31.9 Å². The summed E-state index contributed by atoms with van der Waals surface area (Å²) in [5.41, 5.74) is 0.403. The summed E-state index contributed by atoms with van der Waals surface area (Å²) in [5, 5.41) is 2.64. The molecule has 6 nitrogen and oxygen atoms in total. The van der Waals surface area contributed by atoms with Crippen molar-refractivity contribution >= 4 is 21.6 Å². The monoisotopic (exact) mass is 377 g/mol. The summed E-state index contributed by atoms with van der Waals surface area (Å²) in [6.45, 7) is 1.70. The Balaban J connectivity index is 1.53. The third-order valence-electron chi connectivity index (χ3n) is 4.19. The Bertz CT molecular complexity index is 866. The molecule has 0 bridgehead atoms. The molecule has 138 valence electrons. The summed E-state index contributed by atoms with van der Waals surface area (Å²) in [5.74, 6) is -0.669. The standard InChI is InChI=1S/C18H20FN3O3S/c19-15-5-4-6-16(13-15)20-18(23)14-21-9-11-22(12-10-21)26(24,25)17-7-2-1-3-8-17/h1-8,13H,9-12,14H2,(H,20,23). The zero-order valence-corrected chi connectivity index (χ0v) is 15.0. The first-order valence-corrected chi connectivity index (χ1v) is 9.72. The molecule has 2 aromatic carbocycles. The maximum atomic E-state index is 13.1. The number of sulfonamides is 1. The van der Waals surface area contributed by atoms with Crippen LogP contribution in [0.25, 0.3) is 0 Å². The minimum Gasteiger partial charge on any atom is -0.325 e. The topological polar surface area (TPSA) is 69.7 Å². The predicted molar refractivity (Wildman–Crippen MR) is 96.7 cm³/mol. The number of amides is 1. The van der Waals surface area contributed by atoms with Gasteiger partial charge < -0.3 is 5.32 Å². The second kappa shape index (κ2) is 7.94. The van der Waals surface area contributed by atoms with Gasteiger partial charge in [-0.3, -0.25) is 9.69 Å². The molecule has 1 fully saturated rings. The van der Waals surface area contributed by atoms with Crippen molar-refractivity contribution in [3.8, 4) is 0 Å². The molecule has 0 spiro atoms. The second-order valence-corrected chi connectivity index (χ2v) is 7.99. The first kappa shape index (κ1) is 18.5. The summed E-state index contributed by atoms with van der Waals surface area (Å²) in [4.78, 5) is 14.2. The SMILES string of the molecule is O=C(CN1CCN(S(=O)(=O)c2ccccc2)CC1)Nc1cccc(F)c1. The zero-order chi connectivity index (χ0) is 18.6. The Hall–Kier alpha value is -2.29. The molecular weight excluding hydrogens is 357 g/mol. The van der Waals surface area contributed by atoms with E-state index in [0.717, 1.165) is 0 Å². The van der Waals surface area contributed by atoms with Crippen molar-refractivity contribution in [3.63, 3.8) is 0 Å². The van der Waals surface area contributed by atoms with Crippen LogP contribution < -0.4 is 5.32 Å². The van der Waals surface area contributed by atoms with E-state index in [1.54, 1.807) is 36.4 Å². The number of anilines is 1. The average molecular weight is 377 g/mol. The van der Waals surface area contributed by atoms with Gasteiger partial charge in [-0.1, -0.05) is 24.3 Å². The van der Waals surface area contributed by atoms with E-state index in [-0.39, 0.29) is 17.3 Å². The first-order chi connectivity index (χ1) is 12.4. The van der Waals surface area contributed by atoms with Gasteiger partial charge in [0.25, 0.3) is 0 Å². The van der Waals surface area contributed by atoms with E-state index in [9.17, 15) is 17.6 Å². The number of hydrogen-bond donors (Lipinski definition) is 1. The molecule has 8 heteroatoms. The third kappa shape index (κ3) is 4.46. The lowest BCUT2D eigenvalue weighted by molar-refractivity contribution is -0.117. The molecule has 0 unspecified atom stereocenters. The Morgan fingerprint density at radius 3 is 2.35 bits per heavy atom. The minimum atomic E-state index is -3.50. The molecule has 1 N–H and O–H groups in total. The van der Waals surface area contributed by atoms with Crippen molar-refractivity contribution in [1.82, 2.24) is 9.21 Å². The highest BCUT2D eigenvalue weighted by Gasteiger charge is 2.28. The van der Waals surface area contributed by atoms with Crippen LogP contribution in [0.15, 0.2) is 59.5 Å². The smallest absolute Gasteiger partial charge is 0.243 e. The van der Waals surface area contributed by atoms with E-state index in [2.05, 4.69) is 5.32 Å². The van der Waals surface area contributed by atoms with Crippen LogP contribution in [0.2, 0.25) is 0 Å². The highest BCUT2D eigenvalue weighted by atomic mass is 32.2. The van der Waals surface area contributed by atoms with Crippen molar-refractivity contribution in [1.29, 1.82) is 0 Å². The fraction of sp³-hybridized carbons (Fsp3) is 0.278. The summed E-state index contributed by atoms with van der Waals surface area (Å²) in [6, 6.07) is 14.0. The number of rotatable bonds is 5. The van der Waals surface area contributed by atoms with Crippen molar-refractivity contribution in [2.45, 2.75) is 4.90 Å². The lowest BCUT2D eigenvalue weighted by Gasteiger charge is -2.33. The number of hydrogen-bond acceptors (Lipinski definition) is 4. The normalized spacial score (nSPS) is 16.3. The molecule has 0 atom stereocenters. The van der Waals surface area contributed by atoms with E-state index in [1.807, 2.05) is 4.90 Å². The number of halogens is 1.